The highest BCUT2D eigenvalue weighted by Crippen LogP contribution is 2.30. The standard InChI is InChI=1S/C17H25NO/c19-17-11-5-8-14(17)12-18-16-10-4-2-7-13-6-1-3-9-15(13)16/h1,3,6,9,14,16-19H,2,4-5,7-8,10-12H2. The maximum atomic E-state index is 9.93. The van der Waals surface area contributed by atoms with Crippen molar-refractivity contribution in [3.05, 3.63) is 35.4 Å². The zero-order valence-corrected chi connectivity index (χ0v) is 11.6. The van der Waals surface area contributed by atoms with Gasteiger partial charge < -0.3 is 10.4 Å². The minimum atomic E-state index is -0.0754. The van der Waals surface area contributed by atoms with Crippen molar-refractivity contribution in [1.82, 2.24) is 5.32 Å². The smallest absolute Gasteiger partial charge is 0.0580 e. The molecule has 104 valence electrons. The van der Waals surface area contributed by atoms with Gasteiger partial charge in [0.1, 0.15) is 0 Å². The molecule has 0 aliphatic heterocycles. The number of aliphatic hydroxyl groups is 1. The number of benzene rings is 1. The van der Waals surface area contributed by atoms with Gasteiger partial charge >= 0.3 is 0 Å². The zero-order chi connectivity index (χ0) is 13.1. The Hall–Kier alpha value is -0.860. The van der Waals surface area contributed by atoms with Crippen molar-refractivity contribution in [3.63, 3.8) is 0 Å². The summed E-state index contributed by atoms with van der Waals surface area (Å²) in [6.07, 6.45) is 8.36. The predicted molar refractivity (Wildman–Crippen MR) is 78.1 cm³/mol. The Bertz CT molecular complexity index is 417. The van der Waals surface area contributed by atoms with Gasteiger partial charge in [0.15, 0.2) is 0 Å². The Morgan fingerprint density at radius 2 is 1.95 bits per heavy atom. The third-order valence-electron chi connectivity index (χ3n) is 4.86. The molecule has 3 unspecified atom stereocenters. The molecule has 1 aromatic carbocycles. The van der Waals surface area contributed by atoms with Crippen LogP contribution in [0.4, 0.5) is 0 Å². The van der Waals surface area contributed by atoms with Gasteiger partial charge in [0.2, 0.25) is 0 Å². The van der Waals surface area contributed by atoms with Crippen LogP contribution in [0.1, 0.15) is 55.7 Å². The lowest BCUT2D eigenvalue weighted by Crippen LogP contribution is -2.31. The summed E-state index contributed by atoms with van der Waals surface area (Å²) in [7, 11) is 0. The summed E-state index contributed by atoms with van der Waals surface area (Å²) in [6, 6.07) is 9.36. The van der Waals surface area contributed by atoms with Crippen LogP contribution in [0.2, 0.25) is 0 Å². The average molecular weight is 259 g/mol. The molecule has 3 rings (SSSR count). The number of nitrogens with one attached hydrogen (secondary N) is 1. The third kappa shape index (κ3) is 3.01. The quantitative estimate of drug-likeness (QED) is 0.817. The van der Waals surface area contributed by atoms with E-state index < -0.39 is 0 Å². The Morgan fingerprint density at radius 1 is 1.05 bits per heavy atom. The third-order valence-corrected chi connectivity index (χ3v) is 4.86. The van der Waals surface area contributed by atoms with Gasteiger partial charge in [-0.1, -0.05) is 37.1 Å². The summed E-state index contributed by atoms with van der Waals surface area (Å²) in [6.45, 7) is 0.972. The largest absolute Gasteiger partial charge is 0.393 e. The summed E-state index contributed by atoms with van der Waals surface area (Å²) < 4.78 is 0. The van der Waals surface area contributed by atoms with Crippen LogP contribution >= 0.6 is 0 Å². The topological polar surface area (TPSA) is 32.3 Å². The normalized spacial score (nSPS) is 30.9. The van der Waals surface area contributed by atoms with Crippen LogP contribution in [0.5, 0.6) is 0 Å². The maximum absolute atomic E-state index is 9.93. The van der Waals surface area contributed by atoms with Crippen molar-refractivity contribution >= 4 is 0 Å². The van der Waals surface area contributed by atoms with Crippen molar-refractivity contribution in [3.8, 4) is 0 Å². The van der Waals surface area contributed by atoms with E-state index in [-0.39, 0.29) is 6.10 Å². The van der Waals surface area contributed by atoms with Crippen molar-refractivity contribution in [2.45, 2.75) is 57.1 Å². The number of aliphatic hydroxyl groups excluding tert-OH is 1. The van der Waals surface area contributed by atoms with Crippen molar-refractivity contribution < 1.29 is 5.11 Å². The van der Waals surface area contributed by atoms with Crippen LogP contribution in [0.25, 0.3) is 0 Å². The molecule has 2 N–H and O–H groups in total. The van der Waals surface area contributed by atoms with E-state index in [0.717, 1.165) is 13.0 Å². The lowest BCUT2D eigenvalue weighted by atomic mass is 9.98. The van der Waals surface area contributed by atoms with E-state index >= 15 is 0 Å². The Morgan fingerprint density at radius 3 is 2.79 bits per heavy atom. The molecule has 19 heavy (non-hydrogen) atoms. The van der Waals surface area contributed by atoms with Crippen molar-refractivity contribution in [2.75, 3.05) is 6.54 Å². The minimum absolute atomic E-state index is 0.0754. The van der Waals surface area contributed by atoms with Gasteiger partial charge in [0.05, 0.1) is 6.10 Å². The van der Waals surface area contributed by atoms with Crippen LogP contribution in [-0.4, -0.2) is 17.8 Å². The highest BCUT2D eigenvalue weighted by atomic mass is 16.3. The van der Waals surface area contributed by atoms with Gasteiger partial charge in [-0.15, -0.1) is 0 Å². The minimum Gasteiger partial charge on any atom is -0.393 e. The molecule has 2 aliphatic carbocycles. The van der Waals surface area contributed by atoms with Crippen LogP contribution in [-0.2, 0) is 6.42 Å². The van der Waals surface area contributed by atoms with Gasteiger partial charge in [0, 0.05) is 12.6 Å². The fraction of sp³-hybridized carbons (Fsp3) is 0.647. The van der Waals surface area contributed by atoms with E-state index in [1.54, 1.807) is 0 Å². The zero-order valence-electron chi connectivity index (χ0n) is 11.6. The van der Waals surface area contributed by atoms with E-state index in [2.05, 4.69) is 29.6 Å². The van der Waals surface area contributed by atoms with Gasteiger partial charge in [0.25, 0.3) is 0 Å². The molecule has 0 bridgehead atoms. The first-order valence-corrected chi connectivity index (χ1v) is 7.84. The number of hydrogen-bond acceptors (Lipinski definition) is 2. The molecule has 0 radical (unpaired) electrons. The summed E-state index contributed by atoms with van der Waals surface area (Å²) in [5, 5.41) is 13.7. The second-order valence-electron chi connectivity index (χ2n) is 6.16. The fourth-order valence-corrected chi connectivity index (χ4v) is 3.68. The Kier molecular flexibility index (Phi) is 4.19. The summed E-state index contributed by atoms with van der Waals surface area (Å²) in [4.78, 5) is 0. The summed E-state index contributed by atoms with van der Waals surface area (Å²) >= 11 is 0. The van der Waals surface area contributed by atoms with Gasteiger partial charge in [-0.3, -0.25) is 0 Å². The second kappa shape index (κ2) is 6.06. The second-order valence-corrected chi connectivity index (χ2v) is 6.16. The molecule has 1 saturated carbocycles. The lowest BCUT2D eigenvalue weighted by Gasteiger charge is -2.23. The molecule has 1 fully saturated rings. The van der Waals surface area contributed by atoms with E-state index in [4.69, 9.17) is 0 Å². The van der Waals surface area contributed by atoms with Crippen molar-refractivity contribution in [2.24, 2.45) is 5.92 Å². The molecular weight excluding hydrogens is 234 g/mol. The van der Waals surface area contributed by atoms with E-state index in [9.17, 15) is 5.11 Å². The highest BCUT2D eigenvalue weighted by Gasteiger charge is 2.26. The fourth-order valence-electron chi connectivity index (χ4n) is 3.68. The van der Waals surface area contributed by atoms with E-state index in [1.165, 1.54) is 49.7 Å². The van der Waals surface area contributed by atoms with Crippen LogP contribution in [0.15, 0.2) is 24.3 Å². The molecule has 0 spiro atoms. The first-order chi connectivity index (χ1) is 9.34. The molecule has 2 heteroatoms. The first-order valence-electron chi connectivity index (χ1n) is 7.84. The van der Waals surface area contributed by atoms with E-state index in [1.807, 2.05) is 0 Å². The molecule has 0 amide bonds. The molecular formula is C17H25NO. The number of rotatable bonds is 3. The van der Waals surface area contributed by atoms with Crippen molar-refractivity contribution in [1.29, 1.82) is 0 Å². The maximum Gasteiger partial charge on any atom is 0.0580 e. The van der Waals surface area contributed by atoms with Gasteiger partial charge in [-0.2, -0.15) is 0 Å². The molecule has 2 nitrogen and oxygen atoms in total. The van der Waals surface area contributed by atoms with Crippen LogP contribution in [0.3, 0.4) is 0 Å². The summed E-state index contributed by atoms with van der Waals surface area (Å²) in [5.74, 6) is 0.468. The Balaban J connectivity index is 1.67. The number of aryl methyl sites for hydroxylation is 1. The number of hydrogen-bond donors (Lipinski definition) is 2. The molecule has 1 aromatic rings. The monoisotopic (exact) mass is 259 g/mol. The van der Waals surface area contributed by atoms with Crippen LogP contribution < -0.4 is 5.32 Å². The highest BCUT2D eigenvalue weighted by molar-refractivity contribution is 5.31. The molecule has 2 aliphatic rings. The molecule has 0 saturated heterocycles. The predicted octanol–water partition coefficient (Wildman–Crippen LogP) is 3.20. The van der Waals surface area contributed by atoms with Crippen LogP contribution in [0, 0.1) is 5.92 Å². The molecule has 3 atom stereocenters. The SMILES string of the molecule is OC1CCCC1CNC1CCCCc2ccccc21. The number of fused-ring (bicyclic) bond motifs is 1. The lowest BCUT2D eigenvalue weighted by molar-refractivity contribution is 0.129. The first kappa shape index (κ1) is 13.1. The van der Waals surface area contributed by atoms with Gasteiger partial charge in [-0.25, -0.2) is 0 Å². The summed E-state index contributed by atoms with van der Waals surface area (Å²) in [5.41, 5.74) is 3.01. The molecule has 0 aromatic heterocycles. The molecule has 0 heterocycles. The van der Waals surface area contributed by atoms with Gasteiger partial charge in [-0.05, 0) is 49.1 Å². The Labute approximate surface area is 116 Å². The average Bonchev–Trinajstić information content (AvgIpc) is 2.73. The van der Waals surface area contributed by atoms with E-state index in [0.29, 0.717) is 12.0 Å².